The number of hydrogen-bond acceptors (Lipinski definition) is 2. The number of aryl methyl sites for hydroxylation is 2. The predicted octanol–water partition coefficient (Wildman–Crippen LogP) is 3.45. The third-order valence-electron chi connectivity index (χ3n) is 3.57. The van der Waals surface area contributed by atoms with Crippen molar-refractivity contribution in [2.45, 2.75) is 33.1 Å². The normalized spacial score (nSPS) is 15.9. The Hall–Kier alpha value is -1.28. The van der Waals surface area contributed by atoms with Crippen molar-refractivity contribution in [3.05, 3.63) is 34.9 Å². The molecular weight excluding hydrogens is 222 g/mol. The van der Waals surface area contributed by atoms with E-state index < -0.39 is 0 Å². The van der Waals surface area contributed by atoms with Crippen molar-refractivity contribution >= 4 is 6.08 Å². The van der Waals surface area contributed by atoms with Crippen LogP contribution in [0.2, 0.25) is 0 Å². The summed E-state index contributed by atoms with van der Waals surface area (Å²) >= 11 is 0. The fourth-order valence-corrected chi connectivity index (χ4v) is 2.36. The minimum Gasteiger partial charge on any atom is -0.492 e. The van der Waals surface area contributed by atoms with E-state index in [1.54, 1.807) is 0 Å². The standard InChI is InChI=1S/C16H23NO/c1-12-9-13(2)16(15(10-12)7-4-8-17)18-11-14-5-3-6-14/h4,7,9-10,14H,3,5-6,8,11,17H2,1-2H3/b7-4+. The first-order valence-corrected chi connectivity index (χ1v) is 6.81. The summed E-state index contributed by atoms with van der Waals surface area (Å²) in [7, 11) is 0. The average molecular weight is 245 g/mol. The van der Waals surface area contributed by atoms with E-state index in [0.717, 1.165) is 23.8 Å². The Balaban J connectivity index is 2.16. The highest BCUT2D eigenvalue weighted by Gasteiger charge is 2.18. The van der Waals surface area contributed by atoms with Crippen LogP contribution in [-0.2, 0) is 0 Å². The monoisotopic (exact) mass is 245 g/mol. The molecule has 1 fully saturated rings. The zero-order chi connectivity index (χ0) is 13.0. The number of benzene rings is 1. The summed E-state index contributed by atoms with van der Waals surface area (Å²) in [6.07, 6.45) is 8.04. The van der Waals surface area contributed by atoms with E-state index in [0.29, 0.717) is 6.54 Å². The lowest BCUT2D eigenvalue weighted by atomic mass is 9.86. The highest BCUT2D eigenvalue weighted by molar-refractivity contribution is 5.61. The molecule has 2 N–H and O–H groups in total. The van der Waals surface area contributed by atoms with E-state index in [1.165, 1.54) is 30.4 Å². The molecule has 0 atom stereocenters. The summed E-state index contributed by atoms with van der Waals surface area (Å²) in [5.74, 6) is 1.79. The maximum Gasteiger partial charge on any atom is 0.129 e. The van der Waals surface area contributed by atoms with E-state index in [-0.39, 0.29) is 0 Å². The fourth-order valence-electron chi connectivity index (χ4n) is 2.36. The first-order valence-electron chi connectivity index (χ1n) is 6.81. The lowest BCUT2D eigenvalue weighted by Crippen LogP contribution is -2.19. The largest absolute Gasteiger partial charge is 0.492 e. The van der Waals surface area contributed by atoms with Crippen LogP contribution in [0, 0.1) is 19.8 Å². The molecule has 18 heavy (non-hydrogen) atoms. The van der Waals surface area contributed by atoms with Gasteiger partial charge < -0.3 is 10.5 Å². The Bertz CT molecular complexity index is 433. The molecule has 1 aliphatic rings. The van der Waals surface area contributed by atoms with E-state index in [2.05, 4.69) is 32.1 Å². The van der Waals surface area contributed by atoms with Crippen molar-refractivity contribution in [1.29, 1.82) is 0 Å². The molecule has 0 aliphatic heterocycles. The van der Waals surface area contributed by atoms with Gasteiger partial charge in [0, 0.05) is 12.1 Å². The minimum atomic E-state index is 0.565. The molecule has 0 spiro atoms. The van der Waals surface area contributed by atoms with Crippen LogP contribution in [0.5, 0.6) is 5.75 Å². The van der Waals surface area contributed by atoms with E-state index in [9.17, 15) is 0 Å². The first kappa shape index (κ1) is 13.2. The van der Waals surface area contributed by atoms with E-state index in [1.807, 2.05) is 6.08 Å². The molecule has 1 aromatic rings. The summed E-state index contributed by atoms with van der Waals surface area (Å²) in [4.78, 5) is 0. The second-order valence-corrected chi connectivity index (χ2v) is 5.25. The van der Waals surface area contributed by atoms with Gasteiger partial charge in [-0.25, -0.2) is 0 Å². The molecule has 0 amide bonds. The van der Waals surface area contributed by atoms with Gasteiger partial charge in [-0.05, 0) is 44.2 Å². The number of nitrogens with two attached hydrogens (primary N) is 1. The predicted molar refractivity (Wildman–Crippen MR) is 76.8 cm³/mol. The van der Waals surface area contributed by atoms with Gasteiger partial charge in [0.05, 0.1) is 6.61 Å². The maximum atomic E-state index is 6.03. The van der Waals surface area contributed by atoms with Crippen LogP contribution in [0.4, 0.5) is 0 Å². The van der Waals surface area contributed by atoms with Gasteiger partial charge in [-0.3, -0.25) is 0 Å². The van der Waals surface area contributed by atoms with Crippen LogP contribution >= 0.6 is 0 Å². The van der Waals surface area contributed by atoms with Gasteiger partial charge >= 0.3 is 0 Å². The molecule has 2 nitrogen and oxygen atoms in total. The third kappa shape index (κ3) is 3.14. The van der Waals surface area contributed by atoms with Crippen molar-refractivity contribution < 1.29 is 4.74 Å². The van der Waals surface area contributed by atoms with Gasteiger partial charge in [-0.2, -0.15) is 0 Å². The van der Waals surface area contributed by atoms with Crippen LogP contribution in [0.15, 0.2) is 18.2 Å². The van der Waals surface area contributed by atoms with Crippen LogP contribution < -0.4 is 10.5 Å². The molecule has 98 valence electrons. The Labute approximate surface area is 110 Å². The lowest BCUT2D eigenvalue weighted by molar-refractivity contribution is 0.179. The number of rotatable bonds is 5. The Morgan fingerprint density at radius 1 is 1.33 bits per heavy atom. The van der Waals surface area contributed by atoms with Gasteiger partial charge in [0.2, 0.25) is 0 Å². The molecule has 0 radical (unpaired) electrons. The zero-order valence-corrected chi connectivity index (χ0v) is 11.4. The number of hydrogen-bond donors (Lipinski definition) is 1. The lowest BCUT2D eigenvalue weighted by Gasteiger charge is -2.26. The maximum absolute atomic E-state index is 6.03. The van der Waals surface area contributed by atoms with Gasteiger partial charge in [0.1, 0.15) is 5.75 Å². The van der Waals surface area contributed by atoms with Crippen molar-refractivity contribution in [1.82, 2.24) is 0 Å². The van der Waals surface area contributed by atoms with Crippen LogP contribution in [0.25, 0.3) is 6.08 Å². The highest BCUT2D eigenvalue weighted by Crippen LogP contribution is 2.31. The average Bonchev–Trinajstić information content (AvgIpc) is 2.26. The summed E-state index contributed by atoms with van der Waals surface area (Å²) in [6, 6.07) is 4.34. The van der Waals surface area contributed by atoms with Crippen LogP contribution in [0.3, 0.4) is 0 Å². The Morgan fingerprint density at radius 2 is 2.11 bits per heavy atom. The van der Waals surface area contributed by atoms with Gasteiger partial charge in [-0.1, -0.05) is 30.2 Å². The molecule has 0 heterocycles. The van der Waals surface area contributed by atoms with Crippen molar-refractivity contribution in [2.75, 3.05) is 13.2 Å². The van der Waals surface area contributed by atoms with Gasteiger partial charge in [0.15, 0.2) is 0 Å². The molecule has 1 aromatic carbocycles. The molecule has 0 saturated heterocycles. The van der Waals surface area contributed by atoms with Crippen LogP contribution in [0.1, 0.15) is 36.0 Å². The molecule has 1 aliphatic carbocycles. The van der Waals surface area contributed by atoms with Crippen LogP contribution in [-0.4, -0.2) is 13.2 Å². The smallest absolute Gasteiger partial charge is 0.129 e. The second-order valence-electron chi connectivity index (χ2n) is 5.25. The zero-order valence-electron chi connectivity index (χ0n) is 11.4. The van der Waals surface area contributed by atoms with Gasteiger partial charge in [0.25, 0.3) is 0 Å². The quantitative estimate of drug-likeness (QED) is 0.862. The fraction of sp³-hybridized carbons (Fsp3) is 0.500. The molecule has 0 aromatic heterocycles. The van der Waals surface area contributed by atoms with Gasteiger partial charge in [-0.15, -0.1) is 0 Å². The Morgan fingerprint density at radius 3 is 2.72 bits per heavy atom. The van der Waals surface area contributed by atoms with Crippen molar-refractivity contribution in [3.63, 3.8) is 0 Å². The second kappa shape index (κ2) is 6.05. The van der Waals surface area contributed by atoms with Crippen molar-refractivity contribution in [3.8, 4) is 5.75 Å². The minimum absolute atomic E-state index is 0.565. The summed E-state index contributed by atoms with van der Waals surface area (Å²) in [5, 5.41) is 0. The molecule has 2 heteroatoms. The topological polar surface area (TPSA) is 35.2 Å². The summed E-state index contributed by atoms with van der Waals surface area (Å²) in [5.41, 5.74) is 9.16. The third-order valence-corrected chi connectivity index (χ3v) is 3.57. The Kier molecular flexibility index (Phi) is 4.43. The molecular formula is C16H23NO. The van der Waals surface area contributed by atoms with E-state index in [4.69, 9.17) is 10.5 Å². The summed E-state index contributed by atoms with van der Waals surface area (Å²) in [6.45, 7) is 5.65. The first-order chi connectivity index (χ1) is 8.70. The molecule has 2 rings (SSSR count). The molecule has 1 saturated carbocycles. The SMILES string of the molecule is Cc1cc(C)c(OCC2CCC2)c(/C=C/CN)c1. The van der Waals surface area contributed by atoms with Crippen molar-refractivity contribution in [2.24, 2.45) is 11.7 Å². The highest BCUT2D eigenvalue weighted by atomic mass is 16.5. The summed E-state index contributed by atoms with van der Waals surface area (Å²) < 4.78 is 6.03. The molecule has 0 unspecified atom stereocenters. The number of ether oxygens (including phenoxy) is 1. The van der Waals surface area contributed by atoms with E-state index >= 15 is 0 Å². The molecule has 0 bridgehead atoms.